The summed E-state index contributed by atoms with van der Waals surface area (Å²) < 4.78 is 11.7. The minimum Gasteiger partial charge on any atom is -0.454 e. The van der Waals surface area contributed by atoms with Crippen molar-refractivity contribution >= 4 is 44.2 Å². The van der Waals surface area contributed by atoms with E-state index >= 15 is 0 Å². The summed E-state index contributed by atoms with van der Waals surface area (Å²) in [4.78, 5) is 22.3. The molecule has 1 amide bonds. The molecule has 0 radical (unpaired) electrons. The van der Waals surface area contributed by atoms with E-state index in [4.69, 9.17) is 26.1 Å². The number of halogens is 1. The Labute approximate surface area is 185 Å². The second-order valence-corrected chi connectivity index (χ2v) is 8.47. The molecule has 0 fully saturated rings. The molecule has 2 aromatic carbocycles. The highest BCUT2D eigenvalue weighted by Gasteiger charge is 2.25. The van der Waals surface area contributed by atoms with Crippen LogP contribution in [0.4, 0.5) is 5.13 Å². The van der Waals surface area contributed by atoms with E-state index in [-0.39, 0.29) is 12.7 Å². The lowest BCUT2D eigenvalue weighted by Crippen LogP contribution is -2.38. The van der Waals surface area contributed by atoms with Crippen molar-refractivity contribution in [1.29, 1.82) is 0 Å². The molecule has 8 heteroatoms. The summed E-state index contributed by atoms with van der Waals surface area (Å²) in [5, 5.41) is 1.30. The second kappa shape index (κ2) is 8.79. The molecule has 0 atom stereocenters. The van der Waals surface area contributed by atoms with Crippen LogP contribution in [0.5, 0.6) is 11.5 Å². The number of ether oxygens (including phenoxy) is 2. The van der Waals surface area contributed by atoms with E-state index in [1.807, 2.05) is 19.1 Å². The molecule has 0 saturated carbocycles. The number of likely N-dealkylation sites (N-methyl/N-ethyl adjacent to an activating group) is 1. The quantitative estimate of drug-likeness (QED) is 0.513. The van der Waals surface area contributed by atoms with Gasteiger partial charge in [0.2, 0.25) is 6.79 Å². The first-order chi connectivity index (χ1) is 14.5. The maximum Gasteiger partial charge on any atom is 0.260 e. The van der Waals surface area contributed by atoms with Crippen molar-refractivity contribution in [3.8, 4) is 11.5 Å². The highest BCUT2D eigenvalue weighted by atomic mass is 35.5. The minimum atomic E-state index is -0.117. The average molecular weight is 446 g/mol. The SMILES string of the molecule is CCN(CC)CCN(C(=O)c1ccc2c(c1)OCO2)c1nc2c(C)ccc(Cl)c2s1. The zero-order chi connectivity index (χ0) is 21.3. The monoisotopic (exact) mass is 445 g/mol. The van der Waals surface area contributed by atoms with Crippen LogP contribution in [0.25, 0.3) is 10.2 Å². The Hall–Kier alpha value is -2.35. The first kappa shape index (κ1) is 20.9. The summed E-state index contributed by atoms with van der Waals surface area (Å²) >= 11 is 7.86. The Bertz CT molecular complexity index is 1040. The number of hydrogen-bond donors (Lipinski definition) is 0. The number of rotatable bonds is 7. The zero-order valence-corrected chi connectivity index (χ0v) is 18.8. The van der Waals surface area contributed by atoms with E-state index in [1.165, 1.54) is 11.3 Å². The molecule has 0 spiro atoms. The van der Waals surface area contributed by atoms with E-state index in [0.29, 0.717) is 33.8 Å². The van der Waals surface area contributed by atoms with E-state index in [0.717, 1.165) is 35.4 Å². The fraction of sp³-hybridized carbons (Fsp3) is 0.364. The normalized spacial score (nSPS) is 12.7. The van der Waals surface area contributed by atoms with Gasteiger partial charge in [-0.1, -0.05) is 42.9 Å². The largest absolute Gasteiger partial charge is 0.454 e. The summed E-state index contributed by atoms with van der Waals surface area (Å²) in [7, 11) is 0. The maximum atomic E-state index is 13.5. The van der Waals surface area contributed by atoms with Crippen molar-refractivity contribution in [1.82, 2.24) is 9.88 Å². The summed E-state index contributed by atoms with van der Waals surface area (Å²) in [6.45, 7) is 9.55. The summed E-state index contributed by atoms with van der Waals surface area (Å²) in [5.74, 6) is 1.13. The van der Waals surface area contributed by atoms with Crippen LogP contribution in [0.3, 0.4) is 0 Å². The third-order valence-electron chi connectivity index (χ3n) is 5.32. The number of amides is 1. The molecule has 0 bridgehead atoms. The molecule has 1 aromatic heterocycles. The van der Waals surface area contributed by atoms with Gasteiger partial charge in [0, 0.05) is 18.7 Å². The van der Waals surface area contributed by atoms with Gasteiger partial charge in [-0.25, -0.2) is 4.98 Å². The Balaban J connectivity index is 1.71. The van der Waals surface area contributed by atoms with Crippen molar-refractivity contribution in [2.75, 3.05) is 37.9 Å². The Morgan fingerprint density at radius 3 is 2.63 bits per heavy atom. The number of hydrogen-bond acceptors (Lipinski definition) is 6. The highest BCUT2D eigenvalue weighted by Crippen LogP contribution is 2.37. The number of thiazole rings is 1. The van der Waals surface area contributed by atoms with Crippen molar-refractivity contribution in [2.24, 2.45) is 0 Å². The fourth-order valence-electron chi connectivity index (χ4n) is 3.46. The standard InChI is InChI=1S/C22H24ClN3O3S/c1-4-25(5-2)10-11-26(21(27)15-7-9-17-18(12-15)29-13-28-17)22-24-19-14(3)6-8-16(23)20(19)30-22/h6-9,12H,4-5,10-11,13H2,1-3H3. The third kappa shape index (κ3) is 3.97. The molecule has 0 saturated heterocycles. The fourth-order valence-corrected chi connectivity index (χ4v) is 4.80. The number of fused-ring (bicyclic) bond motifs is 2. The number of carbonyl (C=O) groups is 1. The van der Waals surface area contributed by atoms with Crippen molar-refractivity contribution in [2.45, 2.75) is 20.8 Å². The van der Waals surface area contributed by atoms with E-state index < -0.39 is 0 Å². The number of aryl methyl sites for hydroxylation is 1. The van der Waals surface area contributed by atoms with Gasteiger partial charge in [-0.15, -0.1) is 0 Å². The van der Waals surface area contributed by atoms with Gasteiger partial charge in [0.15, 0.2) is 16.6 Å². The predicted molar refractivity (Wildman–Crippen MR) is 121 cm³/mol. The number of benzene rings is 2. The first-order valence-electron chi connectivity index (χ1n) is 10.0. The van der Waals surface area contributed by atoms with Crippen LogP contribution in [-0.4, -0.2) is 48.8 Å². The molecule has 0 unspecified atom stereocenters. The van der Waals surface area contributed by atoms with Crippen molar-refractivity contribution in [3.05, 3.63) is 46.5 Å². The smallest absolute Gasteiger partial charge is 0.260 e. The minimum absolute atomic E-state index is 0.117. The molecular weight excluding hydrogens is 422 g/mol. The average Bonchev–Trinajstić information content (AvgIpc) is 3.41. The maximum absolute atomic E-state index is 13.5. The number of nitrogens with zero attached hydrogens (tertiary/aromatic N) is 3. The lowest BCUT2D eigenvalue weighted by atomic mass is 10.1. The summed E-state index contributed by atoms with van der Waals surface area (Å²) in [6.07, 6.45) is 0. The van der Waals surface area contributed by atoms with Gasteiger partial charge >= 0.3 is 0 Å². The van der Waals surface area contributed by atoms with Crippen LogP contribution in [0.15, 0.2) is 30.3 Å². The second-order valence-electron chi connectivity index (χ2n) is 7.09. The predicted octanol–water partition coefficient (Wildman–Crippen LogP) is 4.98. The summed E-state index contributed by atoms with van der Waals surface area (Å²) in [5.41, 5.74) is 2.42. The zero-order valence-electron chi connectivity index (χ0n) is 17.3. The van der Waals surface area contributed by atoms with Gasteiger partial charge in [0.25, 0.3) is 5.91 Å². The van der Waals surface area contributed by atoms with Gasteiger partial charge in [-0.3, -0.25) is 9.69 Å². The molecule has 158 valence electrons. The third-order valence-corrected chi connectivity index (χ3v) is 6.85. The van der Waals surface area contributed by atoms with Crippen LogP contribution >= 0.6 is 22.9 Å². The molecular formula is C22H24ClN3O3S. The molecule has 4 rings (SSSR count). The van der Waals surface area contributed by atoms with E-state index in [1.54, 1.807) is 23.1 Å². The van der Waals surface area contributed by atoms with E-state index in [9.17, 15) is 4.79 Å². The lowest BCUT2D eigenvalue weighted by Gasteiger charge is -2.24. The van der Waals surface area contributed by atoms with Gasteiger partial charge in [0.05, 0.1) is 15.2 Å². The van der Waals surface area contributed by atoms with Gasteiger partial charge in [-0.05, 0) is 49.8 Å². The van der Waals surface area contributed by atoms with Crippen LogP contribution in [0.2, 0.25) is 5.02 Å². The molecule has 3 aromatic rings. The molecule has 1 aliphatic rings. The number of aromatic nitrogens is 1. The molecule has 0 N–H and O–H groups in total. The number of carbonyl (C=O) groups excluding carboxylic acids is 1. The topological polar surface area (TPSA) is 54.9 Å². The number of anilines is 1. The van der Waals surface area contributed by atoms with Crippen LogP contribution in [0.1, 0.15) is 29.8 Å². The Morgan fingerprint density at radius 2 is 1.90 bits per heavy atom. The molecule has 0 aliphatic carbocycles. The van der Waals surface area contributed by atoms with Crippen LogP contribution in [0, 0.1) is 6.92 Å². The Kier molecular flexibility index (Phi) is 6.13. The first-order valence-corrected chi connectivity index (χ1v) is 11.2. The van der Waals surface area contributed by atoms with Gasteiger partial charge in [-0.2, -0.15) is 0 Å². The molecule has 1 aliphatic heterocycles. The van der Waals surface area contributed by atoms with Crippen molar-refractivity contribution in [3.63, 3.8) is 0 Å². The van der Waals surface area contributed by atoms with Gasteiger partial charge < -0.3 is 14.4 Å². The highest BCUT2D eigenvalue weighted by molar-refractivity contribution is 7.23. The van der Waals surface area contributed by atoms with Crippen LogP contribution in [-0.2, 0) is 0 Å². The van der Waals surface area contributed by atoms with E-state index in [2.05, 4.69) is 18.7 Å². The Morgan fingerprint density at radius 1 is 1.13 bits per heavy atom. The molecule has 6 nitrogen and oxygen atoms in total. The summed E-state index contributed by atoms with van der Waals surface area (Å²) in [6, 6.07) is 9.11. The molecule has 30 heavy (non-hydrogen) atoms. The van der Waals surface area contributed by atoms with Crippen molar-refractivity contribution < 1.29 is 14.3 Å². The van der Waals surface area contributed by atoms with Crippen LogP contribution < -0.4 is 14.4 Å². The van der Waals surface area contributed by atoms with Gasteiger partial charge in [0.1, 0.15) is 0 Å². The lowest BCUT2D eigenvalue weighted by molar-refractivity contribution is 0.0983. The molecule has 2 heterocycles.